The van der Waals surface area contributed by atoms with Gasteiger partial charge >= 0.3 is 0 Å². The molecular formula is C21H24N4. The van der Waals surface area contributed by atoms with Gasteiger partial charge in [-0.2, -0.15) is 0 Å². The van der Waals surface area contributed by atoms with Crippen molar-refractivity contribution in [3.8, 4) is 0 Å². The number of hydrogen-bond acceptors (Lipinski definition) is 4. The van der Waals surface area contributed by atoms with Crippen molar-refractivity contribution < 1.29 is 0 Å². The largest absolute Gasteiger partial charge is 0.292 e. The smallest absolute Gasteiger partial charge is 0.0544 e. The number of pyridine rings is 3. The zero-order valence-corrected chi connectivity index (χ0v) is 14.5. The first-order valence-electron chi connectivity index (χ1n) is 8.82. The maximum absolute atomic E-state index is 4.46. The molecule has 0 saturated heterocycles. The predicted molar refractivity (Wildman–Crippen MR) is 99.8 cm³/mol. The number of aromatic nitrogens is 3. The molecule has 0 atom stereocenters. The average Bonchev–Trinajstić information content (AvgIpc) is 2.67. The van der Waals surface area contributed by atoms with Crippen molar-refractivity contribution in [1.82, 2.24) is 19.9 Å². The van der Waals surface area contributed by atoms with Crippen LogP contribution in [0.15, 0.2) is 73.2 Å². The molecule has 0 spiro atoms. The summed E-state index contributed by atoms with van der Waals surface area (Å²) in [6.45, 7) is 2.72. The van der Waals surface area contributed by atoms with E-state index in [-0.39, 0.29) is 0 Å². The number of rotatable bonds is 9. The van der Waals surface area contributed by atoms with E-state index < -0.39 is 0 Å². The lowest BCUT2D eigenvalue weighted by Crippen LogP contribution is -2.25. The predicted octanol–water partition coefficient (Wildman–Crippen LogP) is 3.90. The minimum atomic E-state index is 0.848. The zero-order valence-electron chi connectivity index (χ0n) is 14.5. The van der Waals surface area contributed by atoms with Crippen LogP contribution < -0.4 is 0 Å². The fourth-order valence-corrected chi connectivity index (χ4v) is 2.84. The Kier molecular flexibility index (Phi) is 6.65. The van der Waals surface area contributed by atoms with E-state index >= 15 is 0 Å². The summed E-state index contributed by atoms with van der Waals surface area (Å²) in [6, 6.07) is 18.3. The van der Waals surface area contributed by atoms with Crippen LogP contribution in [0.2, 0.25) is 0 Å². The van der Waals surface area contributed by atoms with Gasteiger partial charge in [0.2, 0.25) is 0 Å². The monoisotopic (exact) mass is 332 g/mol. The van der Waals surface area contributed by atoms with Gasteiger partial charge in [-0.15, -0.1) is 0 Å². The SMILES string of the molecule is c1ccc(CCCCN(Cc2ccccn2)Cc2ccccn2)nc1. The maximum atomic E-state index is 4.46. The molecule has 3 aromatic heterocycles. The number of unbranched alkanes of at least 4 members (excludes halogenated alkanes) is 1. The minimum absolute atomic E-state index is 0.848. The molecular weight excluding hydrogens is 308 g/mol. The van der Waals surface area contributed by atoms with Gasteiger partial charge in [-0.25, -0.2) is 0 Å². The fraction of sp³-hybridized carbons (Fsp3) is 0.286. The molecule has 0 unspecified atom stereocenters. The highest BCUT2D eigenvalue weighted by Gasteiger charge is 2.08. The molecule has 0 bridgehead atoms. The van der Waals surface area contributed by atoms with Crippen molar-refractivity contribution in [1.29, 1.82) is 0 Å². The van der Waals surface area contributed by atoms with Gasteiger partial charge in [0.25, 0.3) is 0 Å². The van der Waals surface area contributed by atoms with Crippen LogP contribution in [0.3, 0.4) is 0 Å². The summed E-state index contributed by atoms with van der Waals surface area (Å²) in [7, 11) is 0. The van der Waals surface area contributed by atoms with Crippen molar-refractivity contribution in [2.45, 2.75) is 32.4 Å². The van der Waals surface area contributed by atoms with Gasteiger partial charge < -0.3 is 0 Å². The molecule has 0 fully saturated rings. The molecule has 0 aliphatic heterocycles. The van der Waals surface area contributed by atoms with Gasteiger partial charge in [0.05, 0.1) is 11.4 Å². The first kappa shape index (κ1) is 17.2. The molecule has 0 amide bonds. The molecule has 0 radical (unpaired) electrons. The van der Waals surface area contributed by atoms with E-state index in [2.05, 4.69) is 44.1 Å². The van der Waals surface area contributed by atoms with Crippen molar-refractivity contribution >= 4 is 0 Å². The molecule has 128 valence electrons. The van der Waals surface area contributed by atoms with Crippen molar-refractivity contribution in [2.24, 2.45) is 0 Å². The Labute approximate surface area is 149 Å². The van der Waals surface area contributed by atoms with Gasteiger partial charge in [0.15, 0.2) is 0 Å². The molecule has 4 heteroatoms. The lowest BCUT2D eigenvalue weighted by atomic mass is 10.1. The molecule has 0 aliphatic carbocycles. The van der Waals surface area contributed by atoms with E-state index in [0.29, 0.717) is 0 Å². The third-order valence-electron chi connectivity index (χ3n) is 4.11. The van der Waals surface area contributed by atoms with E-state index in [9.17, 15) is 0 Å². The van der Waals surface area contributed by atoms with Crippen LogP contribution in [0.25, 0.3) is 0 Å². The molecule has 3 rings (SSSR count). The third kappa shape index (κ3) is 6.08. The molecule has 3 heterocycles. The van der Waals surface area contributed by atoms with E-state index in [1.165, 1.54) is 5.69 Å². The van der Waals surface area contributed by atoms with Crippen molar-refractivity contribution in [3.63, 3.8) is 0 Å². The van der Waals surface area contributed by atoms with E-state index in [1.54, 1.807) is 0 Å². The Morgan fingerprint density at radius 1 is 0.600 bits per heavy atom. The Morgan fingerprint density at radius 2 is 1.12 bits per heavy atom. The van der Waals surface area contributed by atoms with Crippen LogP contribution in [0.5, 0.6) is 0 Å². The molecule has 3 aromatic rings. The molecule has 0 aliphatic rings. The van der Waals surface area contributed by atoms with Crippen LogP contribution in [-0.4, -0.2) is 26.4 Å². The van der Waals surface area contributed by atoms with Gasteiger partial charge in [0, 0.05) is 37.4 Å². The van der Waals surface area contributed by atoms with Crippen LogP contribution in [0, 0.1) is 0 Å². The van der Waals surface area contributed by atoms with E-state index in [1.807, 2.05) is 48.9 Å². The summed E-state index contributed by atoms with van der Waals surface area (Å²) in [5.41, 5.74) is 3.37. The second-order valence-corrected chi connectivity index (χ2v) is 6.13. The van der Waals surface area contributed by atoms with Crippen LogP contribution in [-0.2, 0) is 19.5 Å². The lowest BCUT2D eigenvalue weighted by Gasteiger charge is -2.21. The third-order valence-corrected chi connectivity index (χ3v) is 4.11. The number of hydrogen-bond donors (Lipinski definition) is 0. The van der Waals surface area contributed by atoms with Gasteiger partial charge in [-0.3, -0.25) is 19.9 Å². The van der Waals surface area contributed by atoms with Crippen LogP contribution in [0.4, 0.5) is 0 Å². The number of nitrogens with zero attached hydrogens (tertiary/aromatic N) is 4. The highest BCUT2D eigenvalue weighted by atomic mass is 15.1. The Bertz CT molecular complexity index is 675. The van der Waals surface area contributed by atoms with Gasteiger partial charge in [-0.05, 0) is 62.2 Å². The van der Waals surface area contributed by atoms with E-state index in [0.717, 1.165) is 50.3 Å². The second-order valence-electron chi connectivity index (χ2n) is 6.13. The highest BCUT2D eigenvalue weighted by Crippen LogP contribution is 2.09. The van der Waals surface area contributed by atoms with Gasteiger partial charge in [-0.1, -0.05) is 18.2 Å². The minimum Gasteiger partial charge on any atom is -0.292 e. The molecule has 0 saturated carbocycles. The second kappa shape index (κ2) is 9.64. The number of aryl methyl sites for hydroxylation is 1. The zero-order chi connectivity index (χ0) is 17.2. The Morgan fingerprint density at radius 3 is 1.60 bits per heavy atom. The summed E-state index contributed by atoms with van der Waals surface area (Å²) >= 11 is 0. The van der Waals surface area contributed by atoms with Crippen LogP contribution >= 0.6 is 0 Å². The normalized spacial score (nSPS) is 10.9. The molecule has 25 heavy (non-hydrogen) atoms. The molecule has 4 nitrogen and oxygen atoms in total. The average molecular weight is 332 g/mol. The fourth-order valence-electron chi connectivity index (χ4n) is 2.84. The summed E-state index contributed by atoms with van der Waals surface area (Å²) < 4.78 is 0. The van der Waals surface area contributed by atoms with E-state index in [4.69, 9.17) is 0 Å². The summed E-state index contributed by atoms with van der Waals surface area (Å²) in [6.07, 6.45) is 8.88. The summed E-state index contributed by atoms with van der Waals surface area (Å²) in [5, 5.41) is 0. The Hall–Kier alpha value is -2.59. The lowest BCUT2D eigenvalue weighted by molar-refractivity contribution is 0.245. The maximum Gasteiger partial charge on any atom is 0.0544 e. The van der Waals surface area contributed by atoms with Gasteiger partial charge in [0.1, 0.15) is 0 Å². The summed E-state index contributed by atoms with van der Waals surface area (Å²) in [5.74, 6) is 0. The standard InChI is InChI=1S/C21H24N4/c1-5-13-22-19(9-1)10-4-8-16-25(17-20-11-2-6-14-23-20)18-21-12-3-7-15-24-21/h1-3,5-7,9,11-15H,4,8,10,16-18H2. The van der Waals surface area contributed by atoms with Crippen LogP contribution in [0.1, 0.15) is 29.9 Å². The summed E-state index contributed by atoms with van der Waals surface area (Å²) in [4.78, 5) is 15.7. The Balaban J connectivity index is 1.54. The first-order valence-corrected chi connectivity index (χ1v) is 8.82. The quantitative estimate of drug-likeness (QED) is 0.557. The molecule has 0 aromatic carbocycles. The topological polar surface area (TPSA) is 41.9 Å². The first-order chi connectivity index (χ1) is 12.4. The molecule has 0 N–H and O–H groups in total. The van der Waals surface area contributed by atoms with Crippen molar-refractivity contribution in [2.75, 3.05) is 6.54 Å². The van der Waals surface area contributed by atoms with Crippen molar-refractivity contribution in [3.05, 3.63) is 90.3 Å². The highest BCUT2D eigenvalue weighted by molar-refractivity contribution is 5.06.